The number of pyridine rings is 1. The van der Waals surface area contributed by atoms with Crippen LogP contribution in [0.4, 0.5) is 0 Å². The van der Waals surface area contributed by atoms with E-state index in [1.807, 2.05) is 11.3 Å². The minimum atomic E-state index is 0.581. The molecule has 2 nitrogen and oxygen atoms in total. The Bertz CT molecular complexity index is 2250. The first-order chi connectivity index (χ1) is 19.3. The molecule has 5 aromatic carbocycles. The van der Waals surface area contributed by atoms with Gasteiger partial charge >= 0.3 is 0 Å². The molecule has 3 aromatic heterocycles. The van der Waals surface area contributed by atoms with Crippen LogP contribution in [-0.2, 0) is 0 Å². The minimum Gasteiger partial charge on any atom is -0.236 e. The number of rotatable bonds is 3. The summed E-state index contributed by atoms with van der Waals surface area (Å²) in [6.07, 6.45) is 2.47. The fourth-order valence-electron chi connectivity index (χ4n) is 6.28. The maximum Gasteiger partial charge on any atom is 0.101 e. The van der Waals surface area contributed by atoms with Crippen LogP contribution >= 0.6 is 11.3 Å². The number of hydrogen-bond acceptors (Lipinski definition) is 2. The summed E-state index contributed by atoms with van der Waals surface area (Å²) in [5, 5.41) is 13.1. The standard InChI is InChI=1S/C36H24N2S/c1-2-8-24-19-27(16-13-22(24)7-1)35-34(26-17-18-33-30(20-26)29-11-5-6-12-32(29)39-33)36-28-10-4-3-9-25(28)21-31(23-14-15-23)38(36)37-35/h1-13,16-21,23H,14-15H2. The van der Waals surface area contributed by atoms with Gasteiger partial charge in [-0.3, -0.25) is 0 Å². The van der Waals surface area contributed by atoms with E-state index in [1.54, 1.807) is 0 Å². The molecule has 184 valence electrons. The van der Waals surface area contributed by atoms with Gasteiger partial charge < -0.3 is 0 Å². The molecule has 0 unspecified atom stereocenters. The van der Waals surface area contributed by atoms with E-state index in [-0.39, 0.29) is 0 Å². The van der Waals surface area contributed by atoms with E-state index < -0.39 is 0 Å². The van der Waals surface area contributed by atoms with Crippen molar-refractivity contribution >= 4 is 58.6 Å². The van der Waals surface area contributed by atoms with Crippen molar-refractivity contribution < 1.29 is 0 Å². The molecule has 0 atom stereocenters. The Morgan fingerprint density at radius 3 is 2.18 bits per heavy atom. The Morgan fingerprint density at radius 1 is 0.590 bits per heavy atom. The summed E-state index contributed by atoms with van der Waals surface area (Å²) >= 11 is 1.87. The molecule has 1 aliphatic rings. The normalized spacial score (nSPS) is 13.8. The molecular formula is C36H24N2S. The van der Waals surface area contributed by atoms with Gasteiger partial charge in [0, 0.05) is 48.3 Å². The van der Waals surface area contributed by atoms with Crippen LogP contribution in [-0.4, -0.2) is 9.61 Å². The van der Waals surface area contributed by atoms with Crippen molar-refractivity contribution in [1.29, 1.82) is 0 Å². The maximum atomic E-state index is 5.43. The van der Waals surface area contributed by atoms with Crippen molar-refractivity contribution in [2.24, 2.45) is 0 Å². The first-order valence-corrected chi connectivity index (χ1v) is 14.5. The lowest BCUT2D eigenvalue weighted by Gasteiger charge is -2.10. The average Bonchev–Trinajstić information content (AvgIpc) is 3.65. The van der Waals surface area contributed by atoms with Crippen molar-refractivity contribution in [2.75, 3.05) is 0 Å². The second-order valence-corrected chi connectivity index (χ2v) is 11.9. The molecule has 0 N–H and O–H groups in total. The monoisotopic (exact) mass is 516 g/mol. The van der Waals surface area contributed by atoms with Gasteiger partial charge in [0.1, 0.15) is 5.69 Å². The van der Waals surface area contributed by atoms with E-state index in [4.69, 9.17) is 5.10 Å². The molecular weight excluding hydrogens is 492 g/mol. The minimum absolute atomic E-state index is 0.581. The Labute approximate surface area is 229 Å². The summed E-state index contributed by atoms with van der Waals surface area (Å²) in [6.45, 7) is 0. The van der Waals surface area contributed by atoms with E-state index in [0.717, 1.165) is 11.3 Å². The van der Waals surface area contributed by atoms with Gasteiger partial charge in [0.15, 0.2) is 0 Å². The summed E-state index contributed by atoms with van der Waals surface area (Å²) in [7, 11) is 0. The largest absolute Gasteiger partial charge is 0.236 e. The maximum absolute atomic E-state index is 5.43. The zero-order valence-corrected chi connectivity index (χ0v) is 22.1. The number of hydrogen-bond donors (Lipinski definition) is 0. The third-order valence-corrected chi connectivity index (χ3v) is 9.49. The van der Waals surface area contributed by atoms with E-state index in [1.165, 1.54) is 76.9 Å². The highest BCUT2D eigenvalue weighted by Crippen LogP contribution is 2.46. The third-order valence-electron chi connectivity index (χ3n) is 8.33. The zero-order chi connectivity index (χ0) is 25.5. The average molecular weight is 517 g/mol. The van der Waals surface area contributed by atoms with Gasteiger partial charge in [0.05, 0.1) is 5.52 Å². The third kappa shape index (κ3) is 3.23. The lowest BCUT2D eigenvalue weighted by atomic mass is 9.95. The predicted octanol–water partition coefficient (Wildman–Crippen LogP) is 10.2. The van der Waals surface area contributed by atoms with Gasteiger partial charge in [-0.25, -0.2) is 4.52 Å². The van der Waals surface area contributed by atoms with Gasteiger partial charge in [-0.2, -0.15) is 5.10 Å². The summed E-state index contributed by atoms with van der Waals surface area (Å²) in [4.78, 5) is 0. The number of aromatic nitrogens is 2. The van der Waals surface area contributed by atoms with Crippen LogP contribution < -0.4 is 0 Å². The van der Waals surface area contributed by atoms with Crippen molar-refractivity contribution in [1.82, 2.24) is 9.61 Å². The zero-order valence-electron chi connectivity index (χ0n) is 21.3. The Kier molecular flexibility index (Phi) is 4.41. The van der Waals surface area contributed by atoms with Crippen molar-refractivity contribution in [3.63, 3.8) is 0 Å². The molecule has 0 saturated heterocycles. The summed E-state index contributed by atoms with van der Waals surface area (Å²) < 4.78 is 4.93. The molecule has 1 saturated carbocycles. The van der Waals surface area contributed by atoms with Crippen LogP contribution in [0.3, 0.4) is 0 Å². The second-order valence-electron chi connectivity index (χ2n) is 10.8. The van der Waals surface area contributed by atoms with Crippen molar-refractivity contribution in [2.45, 2.75) is 18.8 Å². The number of thiophene rings is 1. The molecule has 0 radical (unpaired) electrons. The summed E-state index contributed by atoms with van der Waals surface area (Å²) in [5.41, 5.74) is 7.21. The van der Waals surface area contributed by atoms with Crippen LogP contribution in [0.15, 0.2) is 115 Å². The van der Waals surface area contributed by atoms with Gasteiger partial charge in [-0.05, 0) is 64.9 Å². The molecule has 0 amide bonds. The van der Waals surface area contributed by atoms with E-state index in [0.29, 0.717) is 5.92 Å². The highest BCUT2D eigenvalue weighted by molar-refractivity contribution is 7.25. The van der Waals surface area contributed by atoms with Crippen LogP contribution in [0.5, 0.6) is 0 Å². The summed E-state index contributed by atoms with van der Waals surface area (Å²) in [6, 6.07) is 42.3. The van der Waals surface area contributed by atoms with Gasteiger partial charge in [-0.1, -0.05) is 84.9 Å². The first kappa shape index (κ1) is 21.5. The van der Waals surface area contributed by atoms with Gasteiger partial charge in [0.25, 0.3) is 0 Å². The van der Waals surface area contributed by atoms with E-state index in [9.17, 15) is 0 Å². The molecule has 0 aliphatic heterocycles. The van der Waals surface area contributed by atoms with Crippen molar-refractivity contribution in [3.05, 3.63) is 121 Å². The lowest BCUT2D eigenvalue weighted by Crippen LogP contribution is -1.98. The highest BCUT2D eigenvalue weighted by atomic mass is 32.1. The molecule has 1 aliphatic carbocycles. The molecule has 8 aromatic rings. The predicted molar refractivity (Wildman–Crippen MR) is 166 cm³/mol. The SMILES string of the molecule is c1ccc2cc(-c3nn4c(C5CC5)cc5ccccc5c4c3-c3ccc4sc5ccccc5c4c3)ccc2c1. The molecule has 9 rings (SSSR count). The smallest absolute Gasteiger partial charge is 0.101 e. The van der Waals surface area contributed by atoms with Gasteiger partial charge in [0.2, 0.25) is 0 Å². The topological polar surface area (TPSA) is 17.3 Å². The number of benzene rings is 5. The highest BCUT2D eigenvalue weighted by Gasteiger charge is 2.29. The van der Waals surface area contributed by atoms with E-state index >= 15 is 0 Å². The van der Waals surface area contributed by atoms with Gasteiger partial charge in [-0.15, -0.1) is 11.3 Å². The molecule has 1 fully saturated rings. The lowest BCUT2D eigenvalue weighted by molar-refractivity contribution is 0.866. The Morgan fingerprint density at radius 2 is 1.31 bits per heavy atom. The summed E-state index contributed by atoms with van der Waals surface area (Å²) in [5.74, 6) is 0.581. The Balaban J connectivity index is 1.43. The van der Waals surface area contributed by atoms with Crippen LogP contribution in [0.25, 0.3) is 69.6 Å². The quantitative estimate of drug-likeness (QED) is 0.228. The first-order valence-electron chi connectivity index (χ1n) is 13.7. The molecule has 3 heterocycles. The van der Waals surface area contributed by atoms with Crippen LogP contribution in [0.1, 0.15) is 24.5 Å². The molecule has 3 heteroatoms. The molecule has 0 bridgehead atoms. The second kappa shape index (κ2) is 8.02. The molecule has 39 heavy (non-hydrogen) atoms. The fourth-order valence-corrected chi connectivity index (χ4v) is 7.36. The van der Waals surface area contributed by atoms with E-state index in [2.05, 4.69) is 120 Å². The van der Waals surface area contributed by atoms with Crippen molar-refractivity contribution in [3.8, 4) is 22.4 Å². The van der Waals surface area contributed by atoms with Crippen LogP contribution in [0, 0.1) is 0 Å². The Hall–Kier alpha value is -4.47. The fraction of sp³-hybridized carbons (Fsp3) is 0.0833. The van der Waals surface area contributed by atoms with Crippen LogP contribution in [0.2, 0.25) is 0 Å². The number of fused-ring (bicyclic) bond motifs is 7. The molecule has 0 spiro atoms. The number of nitrogens with zero attached hydrogens (tertiary/aromatic N) is 2.